The molecule has 0 saturated carbocycles. The molecule has 1 rings (SSSR count). The molecule has 0 aliphatic heterocycles. The van der Waals surface area contributed by atoms with E-state index in [1.54, 1.807) is 38.1 Å². The Bertz CT molecular complexity index is 636. The molecule has 0 bridgehead atoms. The number of hydrogen-bond acceptors (Lipinski definition) is 4. The molecule has 0 aromatic heterocycles. The molecule has 0 saturated heterocycles. The van der Waals surface area contributed by atoms with Gasteiger partial charge < -0.3 is 5.32 Å². The van der Waals surface area contributed by atoms with Gasteiger partial charge in [-0.05, 0) is 45.0 Å². The predicted octanol–water partition coefficient (Wildman–Crippen LogP) is 1.89. The Morgan fingerprint density at radius 3 is 2.14 bits per heavy atom. The van der Waals surface area contributed by atoms with Gasteiger partial charge in [0.05, 0.1) is 6.26 Å². The fourth-order valence-corrected chi connectivity index (χ4v) is 3.22. The highest BCUT2D eigenvalue weighted by Crippen LogP contribution is 2.11. The smallest absolute Gasteiger partial charge is 0.225 e. The monoisotopic (exact) mass is 326 g/mol. The molecule has 0 unspecified atom stereocenters. The quantitative estimate of drug-likeness (QED) is 0.776. The van der Waals surface area contributed by atoms with E-state index in [1.165, 1.54) is 11.2 Å². The molecule has 1 amide bonds. The highest BCUT2D eigenvalue weighted by atomic mass is 32.2. The van der Waals surface area contributed by atoms with Crippen LogP contribution in [0.5, 0.6) is 0 Å². The number of rotatable bonds is 7. The zero-order valence-electron chi connectivity index (χ0n) is 13.3. The zero-order chi connectivity index (χ0) is 16.9. The second-order valence-corrected chi connectivity index (χ2v) is 7.33. The first-order valence-electron chi connectivity index (χ1n) is 6.99. The number of nitrogens with zero attached hydrogens (tertiary/aromatic N) is 1. The van der Waals surface area contributed by atoms with E-state index < -0.39 is 10.0 Å². The predicted molar refractivity (Wildman–Crippen MR) is 86.4 cm³/mol. The Morgan fingerprint density at radius 1 is 1.18 bits per heavy atom. The van der Waals surface area contributed by atoms with Crippen LogP contribution in [0.1, 0.15) is 37.6 Å². The van der Waals surface area contributed by atoms with Crippen LogP contribution in [-0.4, -0.2) is 43.3 Å². The first-order chi connectivity index (χ1) is 10.1. The summed E-state index contributed by atoms with van der Waals surface area (Å²) in [6, 6.07) is 6.36. The molecule has 0 atom stereocenters. The van der Waals surface area contributed by atoms with Gasteiger partial charge in [-0.15, -0.1) is 0 Å². The molecule has 1 aromatic rings. The van der Waals surface area contributed by atoms with Crippen LogP contribution in [0.15, 0.2) is 24.3 Å². The second-order valence-electron chi connectivity index (χ2n) is 5.40. The molecule has 0 aliphatic carbocycles. The van der Waals surface area contributed by atoms with Gasteiger partial charge in [0.25, 0.3) is 0 Å². The van der Waals surface area contributed by atoms with Crippen molar-refractivity contribution in [3.8, 4) is 0 Å². The molecular formula is C15H22N2O4S. The van der Waals surface area contributed by atoms with E-state index in [4.69, 9.17) is 0 Å². The summed E-state index contributed by atoms with van der Waals surface area (Å²) in [7, 11) is -3.33. The summed E-state index contributed by atoms with van der Waals surface area (Å²) in [5.41, 5.74) is 1.14. The number of amides is 1. The van der Waals surface area contributed by atoms with Gasteiger partial charge in [-0.1, -0.05) is 0 Å². The first-order valence-corrected chi connectivity index (χ1v) is 8.83. The van der Waals surface area contributed by atoms with Gasteiger partial charge in [-0.3, -0.25) is 9.59 Å². The number of ketones is 1. The summed E-state index contributed by atoms with van der Waals surface area (Å²) in [6.07, 6.45) is 1.20. The number of sulfonamides is 1. The Morgan fingerprint density at radius 2 is 1.73 bits per heavy atom. The van der Waals surface area contributed by atoms with Crippen molar-refractivity contribution in [3.05, 3.63) is 29.8 Å². The molecule has 122 valence electrons. The minimum atomic E-state index is -3.33. The minimum Gasteiger partial charge on any atom is -0.326 e. The van der Waals surface area contributed by atoms with Crippen LogP contribution in [0.25, 0.3) is 0 Å². The van der Waals surface area contributed by atoms with Crippen LogP contribution in [0.2, 0.25) is 0 Å². The fourth-order valence-electron chi connectivity index (χ4n) is 2.03. The van der Waals surface area contributed by atoms with E-state index in [-0.39, 0.29) is 30.7 Å². The molecule has 22 heavy (non-hydrogen) atoms. The van der Waals surface area contributed by atoms with E-state index >= 15 is 0 Å². The highest BCUT2D eigenvalue weighted by molar-refractivity contribution is 7.88. The lowest BCUT2D eigenvalue weighted by atomic mass is 10.1. The van der Waals surface area contributed by atoms with Gasteiger partial charge in [0, 0.05) is 30.3 Å². The lowest BCUT2D eigenvalue weighted by Gasteiger charge is -2.23. The molecule has 1 N–H and O–H groups in total. The lowest BCUT2D eigenvalue weighted by molar-refractivity contribution is -0.116. The van der Waals surface area contributed by atoms with Crippen LogP contribution < -0.4 is 5.32 Å². The molecule has 7 heteroatoms. The Hall–Kier alpha value is -1.73. The summed E-state index contributed by atoms with van der Waals surface area (Å²) in [5, 5.41) is 2.68. The van der Waals surface area contributed by atoms with Crippen LogP contribution in [-0.2, 0) is 14.8 Å². The van der Waals surface area contributed by atoms with E-state index in [9.17, 15) is 18.0 Å². The molecule has 0 heterocycles. The highest BCUT2D eigenvalue weighted by Gasteiger charge is 2.20. The van der Waals surface area contributed by atoms with Crippen molar-refractivity contribution in [1.82, 2.24) is 4.31 Å². The zero-order valence-corrected chi connectivity index (χ0v) is 14.1. The summed E-state index contributed by atoms with van der Waals surface area (Å²) < 4.78 is 24.5. The minimum absolute atomic E-state index is 0.0430. The average Bonchev–Trinajstić information content (AvgIpc) is 2.37. The van der Waals surface area contributed by atoms with Gasteiger partial charge in [0.2, 0.25) is 15.9 Å². The summed E-state index contributed by atoms with van der Waals surface area (Å²) in [6.45, 7) is 5.13. The maximum Gasteiger partial charge on any atom is 0.225 e. The van der Waals surface area contributed by atoms with Crippen LogP contribution >= 0.6 is 0 Å². The molecular weight excluding hydrogens is 304 g/mol. The van der Waals surface area contributed by atoms with Crippen molar-refractivity contribution in [1.29, 1.82) is 0 Å². The summed E-state index contributed by atoms with van der Waals surface area (Å²) in [4.78, 5) is 23.1. The SMILES string of the molecule is CC(=O)c1ccc(NC(=O)CCN(C(C)C)S(C)(=O)=O)cc1. The third-order valence-corrected chi connectivity index (χ3v) is 4.59. The third kappa shape index (κ3) is 5.57. The van der Waals surface area contributed by atoms with Gasteiger partial charge in [-0.25, -0.2) is 8.42 Å². The maximum atomic E-state index is 11.9. The van der Waals surface area contributed by atoms with E-state index in [0.29, 0.717) is 11.3 Å². The van der Waals surface area contributed by atoms with E-state index in [1.807, 2.05) is 0 Å². The summed E-state index contributed by atoms with van der Waals surface area (Å²) in [5.74, 6) is -0.316. The second kappa shape index (κ2) is 7.51. The standard InChI is InChI=1S/C15H22N2O4S/c1-11(2)17(22(4,20)21)10-9-15(19)16-14-7-5-13(6-8-14)12(3)18/h5-8,11H,9-10H2,1-4H3,(H,16,19). The fraction of sp³-hybridized carbons (Fsp3) is 0.467. The van der Waals surface area contributed by atoms with Crippen molar-refractivity contribution < 1.29 is 18.0 Å². The summed E-state index contributed by atoms with van der Waals surface area (Å²) >= 11 is 0. The van der Waals surface area contributed by atoms with Crippen molar-refractivity contribution in [3.63, 3.8) is 0 Å². The van der Waals surface area contributed by atoms with Gasteiger partial charge >= 0.3 is 0 Å². The molecule has 0 spiro atoms. The number of nitrogens with one attached hydrogen (secondary N) is 1. The largest absolute Gasteiger partial charge is 0.326 e. The normalized spacial score (nSPS) is 11.7. The maximum absolute atomic E-state index is 11.9. The number of benzene rings is 1. The Kier molecular flexibility index (Phi) is 6.25. The molecule has 1 aromatic carbocycles. The number of carbonyl (C=O) groups is 2. The van der Waals surface area contributed by atoms with Gasteiger partial charge in [0.1, 0.15) is 0 Å². The first kappa shape index (κ1) is 18.3. The van der Waals surface area contributed by atoms with Crippen LogP contribution in [0.4, 0.5) is 5.69 Å². The van der Waals surface area contributed by atoms with Crippen molar-refractivity contribution >= 4 is 27.4 Å². The molecule has 0 aliphatic rings. The number of anilines is 1. The van der Waals surface area contributed by atoms with Crippen molar-refractivity contribution in [2.24, 2.45) is 0 Å². The van der Waals surface area contributed by atoms with E-state index in [2.05, 4.69) is 5.32 Å². The number of carbonyl (C=O) groups excluding carboxylic acids is 2. The third-order valence-electron chi connectivity index (χ3n) is 3.14. The lowest BCUT2D eigenvalue weighted by Crippen LogP contribution is -2.38. The van der Waals surface area contributed by atoms with Crippen LogP contribution in [0, 0.1) is 0 Å². The number of hydrogen-bond donors (Lipinski definition) is 1. The molecule has 0 fully saturated rings. The van der Waals surface area contributed by atoms with Gasteiger partial charge in [-0.2, -0.15) is 4.31 Å². The molecule has 0 radical (unpaired) electrons. The van der Waals surface area contributed by atoms with E-state index in [0.717, 1.165) is 6.26 Å². The Balaban J connectivity index is 2.61. The topological polar surface area (TPSA) is 83.6 Å². The molecule has 6 nitrogen and oxygen atoms in total. The van der Waals surface area contributed by atoms with Gasteiger partial charge in [0.15, 0.2) is 5.78 Å². The van der Waals surface area contributed by atoms with Crippen LogP contribution in [0.3, 0.4) is 0 Å². The van der Waals surface area contributed by atoms with Crippen molar-refractivity contribution in [2.45, 2.75) is 33.2 Å². The average molecular weight is 326 g/mol. The van der Waals surface area contributed by atoms with Crippen molar-refractivity contribution in [2.75, 3.05) is 18.1 Å². The Labute approximate surface area is 131 Å². The number of Topliss-reactive ketones (excluding diaryl/α,β-unsaturated/α-hetero) is 1.